The van der Waals surface area contributed by atoms with Crippen LogP contribution in [0, 0.1) is 0 Å². The third kappa shape index (κ3) is 2.60. The van der Waals surface area contributed by atoms with Crippen LogP contribution in [0.1, 0.15) is 22.2 Å². The van der Waals surface area contributed by atoms with Gasteiger partial charge < -0.3 is 10.3 Å². The van der Waals surface area contributed by atoms with Crippen LogP contribution in [0.4, 0.5) is 0 Å². The fraction of sp³-hybridized carbons (Fsp3) is 0.0417. The second-order valence-electron chi connectivity index (χ2n) is 7.70. The number of allylic oxidation sites excluding steroid dienone is 2. The molecule has 1 atom stereocenters. The van der Waals surface area contributed by atoms with Crippen LogP contribution in [0.3, 0.4) is 0 Å². The lowest BCUT2D eigenvalue weighted by atomic mass is 10.0. The molecule has 5 aromatic rings. The first kappa shape index (κ1) is 16.8. The summed E-state index contributed by atoms with van der Waals surface area (Å²) in [7, 11) is 0. The molecule has 0 radical (unpaired) electrons. The highest BCUT2D eigenvalue weighted by molar-refractivity contribution is 7.11. The van der Waals surface area contributed by atoms with Crippen molar-refractivity contribution < 1.29 is 0 Å². The molecule has 1 aliphatic carbocycles. The second-order valence-corrected chi connectivity index (χ2v) is 8.64. The molecule has 7 heteroatoms. The minimum atomic E-state index is 0.247. The second kappa shape index (κ2) is 6.26. The molecule has 1 aliphatic heterocycles. The van der Waals surface area contributed by atoms with E-state index >= 15 is 0 Å². The van der Waals surface area contributed by atoms with E-state index in [0.29, 0.717) is 5.65 Å². The van der Waals surface area contributed by atoms with Crippen molar-refractivity contribution >= 4 is 27.9 Å². The maximum atomic E-state index is 4.57. The zero-order valence-corrected chi connectivity index (χ0v) is 17.1. The molecule has 0 bridgehead atoms. The molecular weight excluding hydrogens is 404 g/mol. The van der Waals surface area contributed by atoms with Gasteiger partial charge in [-0.15, -0.1) is 11.3 Å². The lowest BCUT2D eigenvalue weighted by Crippen LogP contribution is -1.91. The smallest absolute Gasteiger partial charge is 0.181 e. The fourth-order valence-electron chi connectivity index (χ4n) is 4.27. The van der Waals surface area contributed by atoms with Gasteiger partial charge in [-0.05, 0) is 47.4 Å². The first-order valence-corrected chi connectivity index (χ1v) is 10.9. The fourth-order valence-corrected chi connectivity index (χ4v) is 5.04. The number of aromatic amines is 2. The highest BCUT2D eigenvalue weighted by atomic mass is 32.1. The molecule has 2 aliphatic rings. The first-order valence-electron chi connectivity index (χ1n) is 10.1. The number of nitrogens with zero attached hydrogens (tertiary/aromatic N) is 3. The normalized spacial score (nSPS) is 16.7. The summed E-state index contributed by atoms with van der Waals surface area (Å²) in [6.07, 6.45) is 9.85. The SMILES string of the molecule is C1=C(c2cccs2)c2cc(-c3[nH]nc4ncc(-c5ccncc5)cc34)[nH]c2C2NC2=C1. The van der Waals surface area contributed by atoms with Crippen LogP contribution in [-0.4, -0.2) is 25.1 Å². The quantitative estimate of drug-likeness (QED) is 0.356. The summed E-state index contributed by atoms with van der Waals surface area (Å²) in [5, 5.41) is 14.2. The summed E-state index contributed by atoms with van der Waals surface area (Å²) >= 11 is 1.76. The van der Waals surface area contributed by atoms with Gasteiger partial charge >= 0.3 is 0 Å². The first-order chi connectivity index (χ1) is 15.3. The number of H-pyrrole nitrogens is 2. The molecule has 1 saturated heterocycles. The number of hydrogen-bond donors (Lipinski definition) is 3. The molecule has 3 N–H and O–H groups in total. The lowest BCUT2D eigenvalue weighted by molar-refractivity contribution is 1.01. The Morgan fingerprint density at radius 2 is 1.94 bits per heavy atom. The molecule has 1 unspecified atom stereocenters. The summed E-state index contributed by atoms with van der Waals surface area (Å²) in [6.45, 7) is 0. The Morgan fingerprint density at radius 1 is 1.00 bits per heavy atom. The van der Waals surface area contributed by atoms with E-state index in [1.165, 1.54) is 27.4 Å². The van der Waals surface area contributed by atoms with Gasteiger partial charge in [-0.1, -0.05) is 12.1 Å². The summed E-state index contributed by atoms with van der Waals surface area (Å²) in [4.78, 5) is 13.6. The molecule has 7 rings (SSSR count). The van der Waals surface area contributed by atoms with Crippen molar-refractivity contribution in [1.82, 2.24) is 30.5 Å². The van der Waals surface area contributed by atoms with E-state index in [-0.39, 0.29) is 6.04 Å². The summed E-state index contributed by atoms with van der Waals surface area (Å²) in [5.74, 6) is 0. The molecule has 5 aromatic heterocycles. The standard InChI is InChI=1S/C24H16N6S/c1-2-20(31-9-1)15-3-4-18-23(27-18)22-16(15)11-19(28-22)21-17-10-14(12-26-24(17)30-29-21)13-5-7-25-8-6-13/h1-12,23,27-28H,(H,26,29,30). The van der Waals surface area contributed by atoms with Crippen LogP contribution in [0.25, 0.3) is 39.1 Å². The van der Waals surface area contributed by atoms with Crippen LogP contribution < -0.4 is 5.32 Å². The maximum Gasteiger partial charge on any atom is 0.181 e. The van der Waals surface area contributed by atoms with E-state index in [4.69, 9.17) is 0 Å². The molecule has 148 valence electrons. The Hall–Kier alpha value is -3.97. The molecule has 0 saturated carbocycles. The van der Waals surface area contributed by atoms with Gasteiger partial charge in [0.1, 0.15) is 6.04 Å². The third-order valence-electron chi connectivity index (χ3n) is 5.87. The predicted molar refractivity (Wildman–Crippen MR) is 122 cm³/mol. The van der Waals surface area contributed by atoms with Gasteiger partial charge in [0.2, 0.25) is 0 Å². The van der Waals surface area contributed by atoms with E-state index in [9.17, 15) is 0 Å². The molecule has 0 aromatic carbocycles. The van der Waals surface area contributed by atoms with Gasteiger partial charge in [0.25, 0.3) is 0 Å². The van der Waals surface area contributed by atoms with Crippen molar-refractivity contribution in [3.05, 3.63) is 94.4 Å². The Bertz CT molecular complexity index is 1500. The number of rotatable bonds is 3. The molecule has 0 spiro atoms. The lowest BCUT2D eigenvalue weighted by Gasteiger charge is -2.04. The summed E-state index contributed by atoms with van der Waals surface area (Å²) in [6, 6.07) is 12.9. The minimum absolute atomic E-state index is 0.247. The predicted octanol–water partition coefficient (Wildman–Crippen LogP) is 5.05. The van der Waals surface area contributed by atoms with E-state index in [0.717, 1.165) is 27.9 Å². The van der Waals surface area contributed by atoms with E-state index in [2.05, 4.69) is 72.3 Å². The van der Waals surface area contributed by atoms with Crippen molar-refractivity contribution in [2.24, 2.45) is 0 Å². The van der Waals surface area contributed by atoms with Crippen molar-refractivity contribution in [2.75, 3.05) is 0 Å². The Labute approximate surface area is 181 Å². The van der Waals surface area contributed by atoms with Crippen molar-refractivity contribution in [3.63, 3.8) is 0 Å². The number of nitrogens with one attached hydrogen (secondary N) is 3. The molecule has 0 amide bonds. The minimum Gasteiger partial charge on any atom is -0.373 e. The average Bonchev–Trinajstić information content (AvgIpc) is 3.17. The largest absolute Gasteiger partial charge is 0.373 e. The highest BCUT2D eigenvalue weighted by Gasteiger charge is 2.36. The van der Waals surface area contributed by atoms with Crippen LogP contribution in [0.5, 0.6) is 0 Å². The van der Waals surface area contributed by atoms with Gasteiger partial charge in [-0.3, -0.25) is 10.1 Å². The van der Waals surface area contributed by atoms with Crippen molar-refractivity contribution in [2.45, 2.75) is 6.04 Å². The zero-order valence-electron chi connectivity index (χ0n) is 16.3. The monoisotopic (exact) mass is 420 g/mol. The van der Waals surface area contributed by atoms with Crippen LogP contribution >= 0.6 is 11.3 Å². The number of fused-ring (bicyclic) bond motifs is 4. The Balaban J connectivity index is 1.39. The van der Waals surface area contributed by atoms with Crippen LogP contribution in [0.2, 0.25) is 0 Å². The average molecular weight is 421 g/mol. The summed E-state index contributed by atoms with van der Waals surface area (Å²) < 4.78 is 0. The topological polar surface area (TPSA) is 92.2 Å². The van der Waals surface area contributed by atoms with Gasteiger partial charge in [0.05, 0.1) is 17.1 Å². The number of pyridine rings is 2. The number of thiophene rings is 1. The maximum absolute atomic E-state index is 4.57. The van der Waals surface area contributed by atoms with Gasteiger partial charge in [0.15, 0.2) is 5.65 Å². The van der Waals surface area contributed by atoms with Gasteiger partial charge in [-0.2, -0.15) is 5.10 Å². The number of aromatic nitrogens is 5. The molecular formula is C24H16N6S. The van der Waals surface area contributed by atoms with Gasteiger partial charge in [-0.25, -0.2) is 4.98 Å². The Kier molecular flexibility index (Phi) is 3.39. The van der Waals surface area contributed by atoms with E-state index < -0.39 is 0 Å². The number of hydrogen-bond acceptors (Lipinski definition) is 5. The van der Waals surface area contributed by atoms with Crippen LogP contribution in [0.15, 0.2) is 78.2 Å². The van der Waals surface area contributed by atoms with Gasteiger partial charge in [0, 0.05) is 51.3 Å². The highest BCUT2D eigenvalue weighted by Crippen LogP contribution is 2.44. The molecule has 6 heterocycles. The molecule has 1 fully saturated rings. The zero-order chi connectivity index (χ0) is 20.4. The molecule has 31 heavy (non-hydrogen) atoms. The van der Waals surface area contributed by atoms with Crippen molar-refractivity contribution in [3.8, 4) is 22.5 Å². The molecule has 6 nitrogen and oxygen atoms in total. The van der Waals surface area contributed by atoms with Crippen molar-refractivity contribution in [1.29, 1.82) is 0 Å². The third-order valence-corrected chi connectivity index (χ3v) is 6.78. The van der Waals surface area contributed by atoms with E-state index in [1.54, 1.807) is 23.7 Å². The van der Waals surface area contributed by atoms with Crippen LogP contribution in [-0.2, 0) is 0 Å². The summed E-state index contributed by atoms with van der Waals surface area (Å²) in [5.41, 5.74) is 9.70. The van der Waals surface area contributed by atoms with E-state index in [1.807, 2.05) is 18.3 Å². The Morgan fingerprint density at radius 3 is 2.81 bits per heavy atom.